The molecule has 0 saturated heterocycles. The Morgan fingerprint density at radius 2 is 1.81 bits per heavy atom. The maximum absolute atomic E-state index is 12.5. The summed E-state index contributed by atoms with van der Waals surface area (Å²) in [6.07, 6.45) is -2.97. The van der Waals surface area contributed by atoms with Crippen LogP contribution < -0.4 is 9.46 Å². The third-order valence-corrected chi connectivity index (χ3v) is 4.58. The lowest BCUT2D eigenvalue weighted by atomic mass is 10.2. The van der Waals surface area contributed by atoms with Crippen molar-refractivity contribution in [3.8, 4) is 17.6 Å². The molecule has 0 aliphatic rings. The Morgan fingerprint density at radius 3 is 2.38 bits per heavy atom. The molecule has 0 radical (unpaired) electrons. The molecule has 1 aromatic carbocycles. The van der Waals surface area contributed by atoms with E-state index in [1.807, 2.05) is 6.92 Å². The van der Waals surface area contributed by atoms with Crippen molar-refractivity contribution in [2.75, 3.05) is 13.2 Å². The minimum Gasteiger partial charge on any atom is -0.479 e. The van der Waals surface area contributed by atoms with Crippen LogP contribution in [0.25, 0.3) is 0 Å². The van der Waals surface area contributed by atoms with E-state index in [9.17, 15) is 21.6 Å². The van der Waals surface area contributed by atoms with E-state index in [1.54, 1.807) is 18.3 Å². The topological polar surface area (TPSA) is 68.3 Å². The van der Waals surface area contributed by atoms with Gasteiger partial charge >= 0.3 is 6.18 Å². The van der Waals surface area contributed by atoms with Crippen molar-refractivity contribution in [1.29, 1.82) is 0 Å². The van der Waals surface area contributed by atoms with Crippen molar-refractivity contribution in [3.05, 3.63) is 53.9 Å². The summed E-state index contributed by atoms with van der Waals surface area (Å²) in [4.78, 5) is 3.78. The molecule has 2 rings (SSSR count). The first-order valence-corrected chi connectivity index (χ1v) is 8.85. The third kappa shape index (κ3) is 5.75. The first-order valence-electron chi connectivity index (χ1n) is 7.36. The van der Waals surface area contributed by atoms with Gasteiger partial charge in [-0.15, -0.1) is 0 Å². The number of hydrogen-bond donors (Lipinski definition) is 1. The van der Waals surface area contributed by atoms with E-state index < -0.39 is 21.8 Å². The van der Waals surface area contributed by atoms with Gasteiger partial charge in [0.05, 0.1) is 23.2 Å². The second-order valence-electron chi connectivity index (χ2n) is 5.12. The van der Waals surface area contributed by atoms with Gasteiger partial charge in [0.15, 0.2) is 0 Å². The monoisotopic (exact) mass is 384 g/mol. The Labute approximate surface area is 149 Å². The minimum atomic E-state index is -4.52. The van der Waals surface area contributed by atoms with Crippen molar-refractivity contribution < 1.29 is 26.3 Å². The zero-order valence-electron chi connectivity index (χ0n) is 13.7. The number of nitrogens with zero attached hydrogens (tertiary/aromatic N) is 1. The molecule has 138 valence electrons. The number of ether oxygens (including phenoxy) is 1. The Bertz CT molecular complexity index is 897. The smallest absolute Gasteiger partial charge is 0.416 e. The quantitative estimate of drug-likeness (QED) is 0.805. The van der Waals surface area contributed by atoms with Crippen molar-refractivity contribution in [3.63, 3.8) is 0 Å². The van der Waals surface area contributed by atoms with E-state index in [2.05, 4.69) is 21.5 Å². The number of aryl methyl sites for hydroxylation is 1. The fraction of sp³-hybridized carbons (Fsp3) is 0.235. The average molecular weight is 384 g/mol. The molecule has 2 aromatic rings. The molecule has 1 heterocycles. The number of pyridine rings is 1. The molecule has 0 aliphatic heterocycles. The SMILES string of the molecule is Cc1ccc(OCC#CCNS(=O)(=O)c2ccc(C(F)(F)F)cc2)cn1. The van der Waals surface area contributed by atoms with Crippen molar-refractivity contribution in [2.45, 2.75) is 18.0 Å². The highest BCUT2D eigenvalue weighted by Crippen LogP contribution is 2.29. The van der Waals surface area contributed by atoms with Crippen LogP contribution in [0.2, 0.25) is 0 Å². The van der Waals surface area contributed by atoms with Crippen LogP contribution in [0.15, 0.2) is 47.5 Å². The fourth-order valence-corrected chi connectivity index (χ4v) is 2.73. The molecule has 0 unspecified atom stereocenters. The molecule has 0 bridgehead atoms. The summed E-state index contributed by atoms with van der Waals surface area (Å²) >= 11 is 0. The average Bonchev–Trinajstić information content (AvgIpc) is 2.59. The Hall–Kier alpha value is -2.57. The lowest BCUT2D eigenvalue weighted by Gasteiger charge is -2.08. The number of rotatable bonds is 5. The first kappa shape index (κ1) is 19.8. The zero-order chi connectivity index (χ0) is 19.2. The maximum atomic E-state index is 12.5. The second kappa shape index (κ2) is 8.21. The molecule has 5 nitrogen and oxygen atoms in total. The molecule has 0 saturated carbocycles. The number of hydrogen-bond acceptors (Lipinski definition) is 4. The summed E-state index contributed by atoms with van der Waals surface area (Å²) in [5, 5.41) is 0. The molecule has 1 aromatic heterocycles. The minimum absolute atomic E-state index is 0.0484. The Balaban J connectivity index is 1.85. The summed E-state index contributed by atoms with van der Waals surface area (Å²) in [7, 11) is -3.94. The highest BCUT2D eigenvalue weighted by atomic mass is 32.2. The van der Waals surface area contributed by atoms with Gasteiger partial charge < -0.3 is 4.74 Å². The molecule has 9 heteroatoms. The van der Waals surface area contributed by atoms with E-state index in [0.717, 1.165) is 17.8 Å². The van der Waals surface area contributed by atoms with Crippen LogP contribution in [-0.4, -0.2) is 26.6 Å². The van der Waals surface area contributed by atoms with Gasteiger partial charge in [0.2, 0.25) is 10.0 Å². The summed E-state index contributed by atoms with van der Waals surface area (Å²) in [5.41, 5.74) is -0.0694. The second-order valence-corrected chi connectivity index (χ2v) is 6.89. The standard InChI is InChI=1S/C17H15F3N2O3S/c1-13-4-7-15(12-21-13)25-11-3-2-10-22-26(23,24)16-8-5-14(6-9-16)17(18,19)20/h4-9,12,22H,10-11H2,1H3. The van der Waals surface area contributed by atoms with Crippen LogP contribution in [0.3, 0.4) is 0 Å². The van der Waals surface area contributed by atoms with Crippen LogP contribution in [0.1, 0.15) is 11.3 Å². The highest BCUT2D eigenvalue weighted by molar-refractivity contribution is 7.89. The van der Waals surface area contributed by atoms with Gasteiger partial charge in [0.1, 0.15) is 12.4 Å². The molecular weight excluding hydrogens is 369 g/mol. The Kier molecular flexibility index (Phi) is 6.23. The summed E-state index contributed by atoms with van der Waals surface area (Å²) in [5.74, 6) is 5.73. The number of sulfonamides is 1. The molecule has 0 aliphatic carbocycles. The van der Waals surface area contributed by atoms with E-state index in [4.69, 9.17) is 4.74 Å². The molecular formula is C17H15F3N2O3S. The predicted octanol–water partition coefficient (Wildman–Crippen LogP) is 2.77. The normalized spacial score (nSPS) is 11.5. The van der Waals surface area contributed by atoms with Gasteiger partial charge in [0.25, 0.3) is 0 Å². The molecule has 0 spiro atoms. The van der Waals surface area contributed by atoms with Crippen LogP contribution in [-0.2, 0) is 16.2 Å². The van der Waals surface area contributed by atoms with Gasteiger partial charge in [-0.2, -0.15) is 17.9 Å². The number of halogens is 3. The molecule has 0 fully saturated rings. The summed E-state index contributed by atoms with van der Waals surface area (Å²) in [6.45, 7) is 1.69. The molecule has 0 atom stereocenters. The van der Waals surface area contributed by atoms with Crippen LogP contribution >= 0.6 is 0 Å². The van der Waals surface area contributed by atoms with Gasteiger partial charge in [0, 0.05) is 5.69 Å². The van der Waals surface area contributed by atoms with Crippen molar-refractivity contribution in [2.24, 2.45) is 0 Å². The predicted molar refractivity (Wildman–Crippen MR) is 88.9 cm³/mol. The van der Waals surface area contributed by atoms with E-state index in [1.165, 1.54) is 0 Å². The highest BCUT2D eigenvalue weighted by Gasteiger charge is 2.30. The summed E-state index contributed by atoms with van der Waals surface area (Å²) in [6, 6.07) is 6.73. The van der Waals surface area contributed by atoms with Gasteiger partial charge in [-0.05, 0) is 43.3 Å². The van der Waals surface area contributed by atoms with Crippen molar-refractivity contribution >= 4 is 10.0 Å². The third-order valence-electron chi connectivity index (χ3n) is 3.16. The van der Waals surface area contributed by atoms with E-state index in [-0.39, 0.29) is 18.0 Å². The number of nitrogens with one attached hydrogen (secondary N) is 1. The van der Waals surface area contributed by atoms with Gasteiger partial charge in [-0.25, -0.2) is 8.42 Å². The zero-order valence-corrected chi connectivity index (χ0v) is 14.5. The first-order chi connectivity index (χ1) is 12.2. The number of aromatic nitrogens is 1. The number of benzene rings is 1. The largest absolute Gasteiger partial charge is 0.479 e. The summed E-state index contributed by atoms with van der Waals surface area (Å²) < 4.78 is 68.9. The van der Waals surface area contributed by atoms with E-state index >= 15 is 0 Å². The lowest BCUT2D eigenvalue weighted by Crippen LogP contribution is -2.24. The van der Waals surface area contributed by atoms with Crippen LogP contribution in [0.4, 0.5) is 13.2 Å². The Morgan fingerprint density at radius 1 is 1.12 bits per heavy atom. The van der Waals surface area contributed by atoms with Gasteiger partial charge in [-0.3, -0.25) is 4.98 Å². The lowest BCUT2D eigenvalue weighted by molar-refractivity contribution is -0.137. The maximum Gasteiger partial charge on any atom is 0.416 e. The molecule has 1 N–H and O–H groups in total. The van der Waals surface area contributed by atoms with Crippen LogP contribution in [0, 0.1) is 18.8 Å². The van der Waals surface area contributed by atoms with Crippen molar-refractivity contribution in [1.82, 2.24) is 9.71 Å². The number of alkyl halides is 3. The van der Waals surface area contributed by atoms with Crippen LogP contribution in [0.5, 0.6) is 5.75 Å². The van der Waals surface area contributed by atoms with Gasteiger partial charge in [-0.1, -0.05) is 11.8 Å². The van der Waals surface area contributed by atoms with E-state index in [0.29, 0.717) is 17.9 Å². The fourth-order valence-electron chi connectivity index (χ4n) is 1.81. The molecule has 26 heavy (non-hydrogen) atoms. The molecule has 0 amide bonds.